The number of phosphoric acid groups is 3. The highest BCUT2D eigenvalue weighted by Crippen LogP contribution is 2.63. The van der Waals surface area contributed by atoms with Gasteiger partial charge in [0.05, 0.1) is 25.9 Å². The second-order valence-electron chi connectivity index (χ2n) is 11.5. The van der Waals surface area contributed by atoms with E-state index in [1.807, 2.05) is 0 Å². The smallest absolute Gasteiger partial charge is 0.336 e. The first kappa shape index (κ1) is 41.3. The third-order valence-electron chi connectivity index (χ3n) is 7.96. The minimum atomic E-state index is -6.48. The molecule has 55 heavy (non-hydrogen) atoms. The van der Waals surface area contributed by atoms with E-state index in [1.54, 1.807) is 0 Å². The van der Waals surface area contributed by atoms with Crippen molar-refractivity contribution in [2.24, 2.45) is 0 Å². The second-order valence-corrected chi connectivity index (χ2v) is 18.1. The molecule has 0 aromatic carbocycles. The number of H-pyrrole nitrogens is 2. The van der Waals surface area contributed by atoms with Crippen LogP contribution in [-0.2, 0) is 49.9 Å². The van der Waals surface area contributed by atoms with Gasteiger partial charge in [-0.1, -0.05) is 0 Å². The van der Waals surface area contributed by atoms with Gasteiger partial charge in [0, 0.05) is 7.11 Å². The fourth-order valence-electron chi connectivity index (χ4n) is 5.61. The van der Waals surface area contributed by atoms with Gasteiger partial charge in [-0.25, -0.2) is 18.6 Å². The van der Waals surface area contributed by atoms with Gasteiger partial charge in [0.15, 0.2) is 34.8 Å². The zero-order valence-corrected chi connectivity index (χ0v) is 30.7. The average molecular weight is 863 g/mol. The van der Waals surface area contributed by atoms with Gasteiger partial charge >= 0.3 is 7.60 Å². The summed E-state index contributed by atoms with van der Waals surface area (Å²) >= 11 is 0. The minimum Gasteiger partial charge on any atom is -0.756 e. The summed E-state index contributed by atoms with van der Waals surface area (Å²) in [7, 11) is -22.9. The third-order valence-corrected chi connectivity index (χ3v) is 14.0. The lowest BCUT2D eigenvalue weighted by molar-refractivity contribution is -0.252. The summed E-state index contributed by atoms with van der Waals surface area (Å²) in [6.07, 6.45) is -10.8. The number of aromatic amines is 2. The number of aliphatic hydroxyl groups excluding tert-OH is 3. The Morgan fingerprint density at radius 3 is 1.67 bits per heavy atom. The van der Waals surface area contributed by atoms with Crippen LogP contribution in [0.1, 0.15) is 12.5 Å². The molecule has 10 N–H and O–H groups in total. The van der Waals surface area contributed by atoms with Crippen molar-refractivity contribution in [1.29, 1.82) is 0 Å². The van der Waals surface area contributed by atoms with E-state index in [0.717, 1.165) is 28.9 Å². The lowest BCUT2D eigenvalue weighted by Gasteiger charge is -2.35. The van der Waals surface area contributed by atoms with Crippen LogP contribution < -0.4 is 37.3 Å². The van der Waals surface area contributed by atoms with Gasteiger partial charge in [0.2, 0.25) is 11.9 Å². The van der Waals surface area contributed by atoms with E-state index in [0.29, 0.717) is 0 Å². The molecule has 2 aliphatic heterocycles. The summed E-state index contributed by atoms with van der Waals surface area (Å²) < 4.78 is 83.9. The molecule has 7 unspecified atom stereocenters. The first-order chi connectivity index (χ1) is 25.5. The number of nitrogens with two attached hydrogens (primary N) is 2. The van der Waals surface area contributed by atoms with Crippen molar-refractivity contribution in [3.8, 4) is 0 Å². The number of imidazole rings is 2. The molecular formula is C21H27N10O20P4-3. The summed E-state index contributed by atoms with van der Waals surface area (Å²) in [6, 6.07) is 0. The molecule has 304 valence electrons. The van der Waals surface area contributed by atoms with Crippen LogP contribution in [0.3, 0.4) is 0 Å². The van der Waals surface area contributed by atoms with Gasteiger partial charge in [-0.2, -0.15) is 9.97 Å². The number of hydrogen-bond acceptors (Lipinski definition) is 25. The van der Waals surface area contributed by atoms with Gasteiger partial charge in [-0.3, -0.25) is 47.0 Å². The number of anilines is 2. The Labute approximate surface area is 302 Å². The first-order valence-electron chi connectivity index (χ1n) is 14.9. The van der Waals surface area contributed by atoms with Crippen LogP contribution in [0, 0.1) is 0 Å². The van der Waals surface area contributed by atoms with Crippen LogP contribution in [0.25, 0.3) is 22.3 Å². The number of fused-ring (bicyclic) bond motifs is 2. The van der Waals surface area contributed by atoms with Crippen molar-refractivity contribution in [1.82, 2.24) is 39.0 Å². The number of aliphatic hydroxyl groups is 3. The topological polar surface area (TPSA) is 462 Å². The van der Waals surface area contributed by atoms with Gasteiger partial charge in [0.1, 0.15) is 36.2 Å². The molecule has 0 spiro atoms. The van der Waals surface area contributed by atoms with Crippen molar-refractivity contribution in [3.05, 3.63) is 33.4 Å². The number of hydrogen-bond donors (Lipinski definition) is 8. The van der Waals surface area contributed by atoms with E-state index in [9.17, 15) is 62.7 Å². The molecule has 2 aliphatic rings. The van der Waals surface area contributed by atoms with Crippen molar-refractivity contribution in [2.75, 3.05) is 31.8 Å². The van der Waals surface area contributed by atoms with Crippen molar-refractivity contribution >= 4 is 65.3 Å². The number of nitrogens with one attached hydrogen (secondary N) is 2. The normalized spacial score (nSPS) is 30.3. The molecule has 0 amide bonds. The van der Waals surface area contributed by atoms with Crippen LogP contribution >= 0.6 is 31.1 Å². The molecule has 4 aromatic heterocycles. The zero-order chi connectivity index (χ0) is 40.4. The fourth-order valence-corrected chi connectivity index (χ4v) is 10.3. The number of nitrogen functional groups attached to an aromatic ring is 2. The Morgan fingerprint density at radius 2 is 1.20 bits per heavy atom. The molecule has 2 saturated heterocycles. The lowest BCUT2D eigenvalue weighted by Crippen LogP contribution is -2.35. The Kier molecular flexibility index (Phi) is 11.2. The van der Waals surface area contributed by atoms with Crippen molar-refractivity contribution < 1.29 is 84.8 Å². The van der Waals surface area contributed by atoms with E-state index in [1.165, 1.54) is 0 Å². The maximum absolute atomic E-state index is 12.8. The molecule has 30 nitrogen and oxygen atoms in total. The molecule has 2 fully saturated rings. The minimum absolute atomic E-state index is 0.201. The molecule has 0 bridgehead atoms. The maximum Gasteiger partial charge on any atom is 0.336 e. The standard InChI is InChI=1S/C21H30N10O20P4/c1-45-52(37,38)13-7(49-19(12(13)34)31-5-25-9-15(31)27-21(23)29-17(9)36)3-47-54(41,42)51-55(43,44)50-53(39,40)46-2-6-10(32)11(33)18(48-6)30-4-24-8-14(30)26-20(22)28-16(8)35/h4-7,10-13,18-19,32-34H,2-3H2,1H3,(H,37,38)(H,39,40)(H,41,42)(H,43,44)(H3,22,26,28,35)(H3,23,27,29,36)/p-3/t6-,7-,10?,11?,12?,13+,18-,19-/m1/s1. The molecule has 0 aliphatic carbocycles. The van der Waals surface area contributed by atoms with Gasteiger partial charge in [-0.05, 0) is 0 Å². The Bertz CT molecular complexity index is 2420. The fraction of sp³-hybridized carbons (Fsp3) is 0.524. The molecule has 6 heterocycles. The molecule has 6 rings (SSSR count). The zero-order valence-electron chi connectivity index (χ0n) is 27.1. The lowest BCUT2D eigenvalue weighted by atomic mass is 10.1. The molecular weight excluding hydrogens is 836 g/mol. The van der Waals surface area contributed by atoms with Crippen molar-refractivity contribution in [3.63, 3.8) is 0 Å². The Hall–Kier alpha value is -3.34. The average Bonchev–Trinajstić information content (AvgIpc) is 3.82. The highest BCUT2D eigenvalue weighted by Gasteiger charge is 2.55. The molecule has 12 atom stereocenters. The Morgan fingerprint density at radius 1 is 0.764 bits per heavy atom. The predicted molar refractivity (Wildman–Crippen MR) is 168 cm³/mol. The quantitative estimate of drug-likeness (QED) is 0.0550. The molecule has 0 radical (unpaired) electrons. The number of phosphoric ester groups is 2. The maximum atomic E-state index is 12.8. The SMILES string of the molecule is COP(=O)(O)[C@@H]1C(O)[C@H](n2cnc3c(=O)[nH]c(N)nc32)O[C@@H]1COP(=O)([O-])OP(=O)([O-])OP(=O)([O-])OC[C@H]1O[C@@H](n2cnc3c(=O)[nH]c(N)nc32)C(O)C1O. The predicted octanol–water partition coefficient (Wildman–Crippen LogP) is -5.03. The van der Waals surface area contributed by atoms with Crippen LogP contribution in [0.2, 0.25) is 0 Å². The highest BCUT2D eigenvalue weighted by molar-refractivity contribution is 7.65. The van der Waals surface area contributed by atoms with E-state index < -0.39 is 110 Å². The van der Waals surface area contributed by atoms with Crippen LogP contribution in [0.4, 0.5) is 11.9 Å². The first-order valence-corrected chi connectivity index (χ1v) is 20.9. The third kappa shape index (κ3) is 8.38. The summed E-state index contributed by atoms with van der Waals surface area (Å²) in [5.74, 6) is -0.738. The number of aromatic nitrogens is 8. The molecule has 34 heteroatoms. The van der Waals surface area contributed by atoms with Crippen molar-refractivity contribution in [2.45, 2.75) is 48.6 Å². The van der Waals surface area contributed by atoms with E-state index >= 15 is 0 Å². The summed E-state index contributed by atoms with van der Waals surface area (Å²) in [6.45, 7) is -2.61. The summed E-state index contributed by atoms with van der Waals surface area (Å²) in [5.41, 5.74) is 6.48. The highest BCUT2D eigenvalue weighted by atomic mass is 31.3. The summed E-state index contributed by atoms with van der Waals surface area (Å²) in [5, 5.41) is 31.9. The van der Waals surface area contributed by atoms with Crippen LogP contribution in [-0.4, -0.2) is 116 Å². The van der Waals surface area contributed by atoms with Crippen LogP contribution in [0.5, 0.6) is 0 Å². The number of ether oxygens (including phenoxy) is 2. The van der Waals surface area contributed by atoms with E-state index in [4.69, 9.17) is 20.9 Å². The Balaban J connectivity index is 1.09. The monoisotopic (exact) mass is 863 g/mol. The number of rotatable bonds is 14. The number of nitrogens with zero attached hydrogens (tertiary/aromatic N) is 6. The molecule has 4 aromatic rings. The molecule has 0 saturated carbocycles. The van der Waals surface area contributed by atoms with E-state index in [2.05, 4.69) is 52.1 Å². The largest absolute Gasteiger partial charge is 0.756 e. The summed E-state index contributed by atoms with van der Waals surface area (Å²) in [4.78, 5) is 91.6. The van der Waals surface area contributed by atoms with Gasteiger partial charge in [-0.15, -0.1) is 0 Å². The van der Waals surface area contributed by atoms with E-state index in [-0.39, 0.29) is 28.3 Å². The van der Waals surface area contributed by atoms with Gasteiger partial charge in [0.25, 0.3) is 34.6 Å². The second kappa shape index (κ2) is 14.9. The van der Waals surface area contributed by atoms with Gasteiger partial charge < -0.3 is 69.4 Å². The van der Waals surface area contributed by atoms with Crippen LogP contribution in [0.15, 0.2) is 22.2 Å².